The summed E-state index contributed by atoms with van der Waals surface area (Å²) in [6, 6.07) is 6.32. The summed E-state index contributed by atoms with van der Waals surface area (Å²) in [7, 11) is 0. The van der Waals surface area contributed by atoms with Crippen LogP contribution in [0, 0.1) is 18.8 Å². The van der Waals surface area contributed by atoms with Crippen LogP contribution in [0.4, 0.5) is 29.0 Å². The molecule has 7 rings (SSSR count). The molecule has 0 amide bonds. The standard InChI is InChI=1S/C28H35N9OS/c1-3-35-4-6-36(7-5-35)28-31-18(2)8-26(34-28)33-25-10-23-24(13-30-25)39-27(32-23)19-9-22(12-29-11-19)37-14-20-16-38-17-21(20)15-37/h8-13,20-21,27,32H,3-7,14-17H2,1-2H3,(H,30,31,33,34)/t20-,21+,27?. The van der Waals surface area contributed by atoms with Gasteiger partial charge in [-0.15, -0.1) is 0 Å². The van der Waals surface area contributed by atoms with Crippen LogP contribution in [0.15, 0.2) is 41.7 Å². The molecule has 0 saturated carbocycles. The Morgan fingerprint density at radius 2 is 1.79 bits per heavy atom. The SMILES string of the molecule is CCN1CCN(c2nc(C)cc(Nc3cc4c(cn3)SC(c3cncc(N5C[C@H]6COC[C@H]6C5)c3)N4)n2)CC1. The van der Waals surface area contributed by atoms with E-state index in [9.17, 15) is 0 Å². The van der Waals surface area contributed by atoms with E-state index < -0.39 is 0 Å². The van der Waals surface area contributed by atoms with Gasteiger partial charge in [-0.2, -0.15) is 4.98 Å². The average Bonchev–Trinajstić information content (AvgIpc) is 3.68. The Hall–Kier alpha value is -3.15. The number of rotatable bonds is 6. The maximum Gasteiger partial charge on any atom is 0.227 e. The fourth-order valence-corrected chi connectivity index (χ4v) is 7.04. The number of aryl methyl sites for hydroxylation is 1. The fraction of sp³-hybridized carbons (Fsp3) is 0.500. The lowest BCUT2D eigenvalue weighted by Gasteiger charge is -2.34. The number of nitrogens with one attached hydrogen (secondary N) is 2. The van der Waals surface area contributed by atoms with Crippen molar-refractivity contribution in [2.45, 2.75) is 24.1 Å². The summed E-state index contributed by atoms with van der Waals surface area (Å²) in [5, 5.41) is 7.20. The number of fused-ring (bicyclic) bond motifs is 2. The van der Waals surface area contributed by atoms with Crippen molar-refractivity contribution in [2.75, 3.05) is 79.5 Å². The van der Waals surface area contributed by atoms with Gasteiger partial charge < -0.3 is 30.1 Å². The first-order valence-electron chi connectivity index (χ1n) is 13.9. The third kappa shape index (κ3) is 5.10. The number of hydrogen-bond acceptors (Lipinski definition) is 11. The monoisotopic (exact) mass is 545 g/mol. The van der Waals surface area contributed by atoms with Gasteiger partial charge in [0.05, 0.1) is 35.7 Å². The molecule has 3 aromatic rings. The number of nitrogens with zero attached hydrogens (tertiary/aromatic N) is 7. The summed E-state index contributed by atoms with van der Waals surface area (Å²) >= 11 is 1.78. The lowest BCUT2D eigenvalue weighted by atomic mass is 10.0. The molecule has 2 N–H and O–H groups in total. The fourth-order valence-electron chi connectivity index (χ4n) is 5.98. The van der Waals surface area contributed by atoms with Gasteiger partial charge in [-0.25, -0.2) is 9.97 Å². The quantitative estimate of drug-likeness (QED) is 0.474. The van der Waals surface area contributed by atoms with E-state index in [1.807, 2.05) is 31.6 Å². The second-order valence-electron chi connectivity index (χ2n) is 10.9. The van der Waals surface area contributed by atoms with Crippen molar-refractivity contribution in [3.8, 4) is 0 Å². The second-order valence-corrected chi connectivity index (χ2v) is 12.0. The highest BCUT2D eigenvalue weighted by Gasteiger charge is 2.37. The average molecular weight is 546 g/mol. The van der Waals surface area contributed by atoms with Gasteiger partial charge in [0.15, 0.2) is 0 Å². The third-order valence-electron chi connectivity index (χ3n) is 8.25. The molecule has 204 valence electrons. The highest BCUT2D eigenvalue weighted by molar-refractivity contribution is 8.00. The molecular formula is C28H35N9OS. The van der Waals surface area contributed by atoms with Crippen LogP contribution in [0.25, 0.3) is 0 Å². The van der Waals surface area contributed by atoms with E-state index in [0.717, 1.165) is 92.9 Å². The normalized spacial score (nSPS) is 24.5. The number of piperazine rings is 1. The number of thioether (sulfide) groups is 1. The first kappa shape index (κ1) is 24.9. The highest BCUT2D eigenvalue weighted by atomic mass is 32.2. The van der Waals surface area contributed by atoms with Gasteiger partial charge in [0.2, 0.25) is 5.95 Å². The first-order valence-corrected chi connectivity index (χ1v) is 14.8. The Morgan fingerprint density at radius 1 is 0.974 bits per heavy atom. The smallest absolute Gasteiger partial charge is 0.227 e. The molecule has 4 aliphatic rings. The first-order chi connectivity index (χ1) is 19.1. The van der Waals surface area contributed by atoms with E-state index in [1.54, 1.807) is 11.8 Å². The number of hydrogen-bond donors (Lipinski definition) is 2. The zero-order chi connectivity index (χ0) is 26.3. The molecule has 39 heavy (non-hydrogen) atoms. The van der Waals surface area contributed by atoms with Gasteiger partial charge in [-0.05, 0) is 19.5 Å². The van der Waals surface area contributed by atoms with Crippen molar-refractivity contribution in [1.82, 2.24) is 24.8 Å². The van der Waals surface area contributed by atoms with Crippen molar-refractivity contribution in [1.29, 1.82) is 0 Å². The summed E-state index contributed by atoms with van der Waals surface area (Å²) in [5.74, 6) is 3.61. The molecule has 4 aliphatic heterocycles. The van der Waals surface area contributed by atoms with Crippen LogP contribution < -0.4 is 20.4 Å². The predicted molar refractivity (Wildman–Crippen MR) is 155 cm³/mol. The summed E-state index contributed by atoms with van der Waals surface area (Å²) in [4.78, 5) is 27.1. The van der Waals surface area contributed by atoms with Crippen LogP contribution in [0.1, 0.15) is 23.6 Å². The molecule has 3 aromatic heterocycles. The van der Waals surface area contributed by atoms with E-state index in [0.29, 0.717) is 11.8 Å². The molecule has 3 fully saturated rings. The molecule has 1 unspecified atom stereocenters. The van der Waals surface area contributed by atoms with E-state index in [1.165, 1.54) is 11.3 Å². The van der Waals surface area contributed by atoms with Crippen molar-refractivity contribution in [3.05, 3.63) is 48.0 Å². The van der Waals surface area contributed by atoms with Crippen LogP contribution in [0.3, 0.4) is 0 Å². The molecule has 0 radical (unpaired) electrons. The molecular weight excluding hydrogens is 510 g/mol. The Bertz CT molecular complexity index is 1340. The van der Waals surface area contributed by atoms with Gasteiger partial charge in [-0.3, -0.25) is 4.98 Å². The van der Waals surface area contributed by atoms with Gasteiger partial charge in [-0.1, -0.05) is 18.7 Å². The molecule has 3 saturated heterocycles. The summed E-state index contributed by atoms with van der Waals surface area (Å²) < 4.78 is 5.65. The summed E-state index contributed by atoms with van der Waals surface area (Å²) in [6.45, 7) is 13.2. The minimum atomic E-state index is 0.102. The Labute approximate surface area is 233 Å². The van der Waals surface area contributed by atoms with Gasteiger partial charge in [0.1, 0.15) is 17.0 Å². The Kier molecular flexibility index (Phi) is 6.65. The molecule has 0 aliphatic carbocycles. The topological polar surface area (TPSA) is 94.6 Å². The Balaban J connectivity index is 1.03. The summed E-state index contributed by atoms with van der Waals surface area (Å²) in [5.41, 5.74) is 4.39. The van der Waals surface area contributed by atoms with Crippen molar-refractivity contribution in [2.24, 2.45) is 11.8 Å². The lowest BCUT2D eigenvalue weighted by molar-refractivity contribution is 0.177. The van der Waals surface area contributed by atoms with Crippen LogP contribution in [0.2, 0.25) is 0 Å². The highest BCUT2D eigenvalue weighted by Crippen LogP contribution is 2.47. The van der Waals surface area contributed by atoms with E-state index in [2.05, 4.69) is 49.4 Å². The maximum absolute atomic E-state index is 5.65. The van der Waals surface area contributed by atoms with Crippen molar-refractivity contribution < 1.29 is 4.74 Å². The molecule has 7 heterocycles. The maximum atomic E-state index is 5.65. The minimum Gasteiger partial charge on any atom is -0.381 e. The third-order valence-corrected chi connectivity index (χ3v) is 9.46. The zero-order valence-electron chi connectivity index (χ0n) is 22.5. The minimum absolute atomic E-state index is 0.102. The largest absolute Gasteiger partial charge is 0.381 e. The van der Waals surface area contributed by atoms with E-state index >= 15 is 0 Å². The van der Waals surface area contributed by atoms with E-state index in [4.69, 9.17) is 19.7 Å². The molecule has 0 bridgehead atoms. The predicted octanol–water partition coefficient (Wildman–Crippen LogP) is 3.76. The zero-order valence-corrected chi connectivity index (χ0v) is 23.3. The van der Waals surface area contributed by atoms with Gasteiger partial charge in [0.25, 0.3) is 0 Å². The molecule has 11 heteroatoms. The van der Waals surface area contributed by atoms with Gasteiger partial charge >= 0.3 is 0 Å². The van der Waals surface area contributed by atoms with Crippen LogP contribution in [-0.4, -0.2) is 83.9 Å². The number of ether oxygens (including phenoxy) is 1. The molecule has 0 spiro atoms. The lowest BCUT2D eigenvalue weighted by Crippen LogP contribution is -2.46. The molecule has 3 atom stereocenters. The number of aromatic nitrogens is 4. The Morgan fingerprint density at radius 3 is 2.59 bits per heavy atom. The van der Waals surface area contributed by atoms with Crippen molar-refractivity contribution in [3.63, 3.8) is 0 Å². The van der Waals surface area contributed by atoms with Crippen molar-refractivity contribution >= 4 is 40.7 Å². The molecule has 10 nitrogen and oxygen atoms in total. The van der Waals surface area contributed by atoms with Gasteiger partial charge in [0, 0.05) is 86.9 Å². The number of likely N-dealkylation sites (N-methyl/N-ethyl adjacent to an activating group) is 1. The van der Waals surface area contributed by atoms with Crippen LogP contribution in [-0.2, 0) is 4.74 Å². The second kappa shape index (κ2) is 10.4. The van der Waals surface area contributed by atoms with Crippen LogP contribution >= 0.6 is 11.8 Å². The number of anilines is 5. The molecule has 0 aromatic carbocycles. The van der Waals surface area contributed by atoms with E-state index in [-0.39, 0.29) is 5.37 Å². The summed E-state index contributed by atoms with van der Waals surface area (Å²) in [6.07, 6.45) is 5.90. The number of pyridine rings is 2. The van der Waals surface area contributed by atoms with Crippen LogP contribution in [0.5, 0.6) is 0 Å².